The Morgan fingerprint density at radius 3 is 2.47 bits per heavy atom. The van der Waals surface area contributed by atoms with Gasteiger partial charge in [0.15, 0.2) is 0 Å². The molecule has 4 heteroatoms. The quantitative estimate of drug-likeness (QED) is 0.566. The lowest BCUT2D eigenvalue weighted by Crippen LogP contribution is -2.37. The van der Waals surface area contributed by atoms with Gasteiger partial charge in [0.1, 0.15) is 6.10 Å². The van der Waals surface area contributed by atoms with Crippen LogP contribution in [-0.4, -0.2) is 43.2 Å². The van der Waals surface area contributed by atoms with E-state index in [4.69, 9.17) is 20.3 Å². The van der Waals surface area contributed by atoms with E-state index < -0.39 is 0 Å². The van der Waals surface area contributed by atoms with E-state index in [1.54, 1.807) is 0 Å². The molecule has 3 N–H and O–H groups in total. The van der Waals surface area contributed by atoms with E-state index in [0.29, 0.717) is 13.2 Å². The van der Waals surface area contributed by atoms with Crippen molar-refractivity contribution in [2.75, 3.05) is 19.8 Å². The highest BCUT2D eigenvalue weighted by atomic mass is 16.6. The molecule has 0 saturated carbocycles. The van der Waals surface area contributed by atoms with Gasteiger partial charge in [0.2, 0.25) is 0 Å². The SMILES string of the molecule is CCCCO[C@@H](C)C(CO)O[C@H](C)CN. The Morgan fingerprint density at radius 2 is 2.00 bits per heavy atom. The fourth-order valence-corrected chi connectivity index (χ4v) is 1.18. The predicted octanol–water partition coefficient (Wildman–Crippen LogP) is 0.916. The number of aliphatic hydroxyl groups is 1. The summed E-state index contributed by atoms with van der Waals surface area (Å²) in [6.45, 7) is 7.07. The summed E-state index contributed by atoms with van der Waals surface area (Å²) in [4.78, 5) is 0. The van der Waals surface area contributed by atoms with Crippen LogP contribution in [-0.2, 0) is 9.47 Å². The van der Waals surface area contributed by atoms with Crippen molar-refractivity contribution in [2.24, 2.45) is 5.73 Å². The maximum atomic E-state index is 9.15. The standard InChI is InChI=1S/C11H25NO3/c1-4-5-6-14-10(3)11(8-13)15-9(2)7-12/h9-11,13H,4-8,12H2,1-3H3/t9-,10+,11?/m1/s1. The van der Waals surface area contributed by atoms with Gasteiger partial charge >= 0.3 is 0 Å². The Morgan fingerprint density at radius 1 is 1.33 bits per heavy atom. The van der Waals surface area contributed by atoms with Gasteiger partial charge in [-0.2, -0.15) is 0 Å². The molecule has 0 fully saturated rings. The highest BCUT2D eigenvalue weighted by molar-refractivity contribution is 4.67. The zero-order valence-corrected chi connectivity index (χ0v) is 10.1. The van der Waals surface area contributed by atoms with Crippen molar-refractivity contribution in [3.8, 4) is 0 Å². The van der Waals surface area contributed by atoms with Crippen molar-refractivity contribution in [3.63, 3.8) is 0 Å². The summed E-state index contributed by atoms with van der Waals surface area (Å²) in [5.41, 5.74) is 5.45. The van der Waals surface area contributed by atoms with E-state index in [9.17, 15) is 0 Å². The van der Waals surface area contributed by atoms with Crippen molar-refractivity contribution < 1.29 is 14.6 Å². The fraction of sp³-hybridized carbons (Fsp3) is 1.00. The maximum absolute atomic E-state index is 9.15. The predicted molar refractivity (Wildman–Crippen MR) is 60.8 cm³/mol. The summed E-state index contributed by atoms with van der Waals surface area (Å²) in [6, 6.07) is 0. The molecule has 3 atom stereocenters. The molecular formula is C11H25NO3. The van der Waals surface area contributed by atoms with Gasteiger partial charge in [-0.1, -0.05) is 13.3 Å². The average molecular weight is 219 g/mol. The van der Waals surface area contributed by atoms with Crippen LogP contribution >= 0.6 is 0 Å². The Bertz CT molecular complexity index is 144. The molecule has 0 aliphatic rings. The van der Waals surface area contributed by atoms with Gasteiger partial charge in [0, 0.05) is 13.2 Å². The first kappa shape index (κ1) is 14.8. The van der Waals surface area contributed by atoms with E-state index in [-0.39, 0.29) is 24.9 Å². The molecule has 0 aliphatic heterocycles. The molecule has 0 radical (unpaired) electrons. The topological polar surface area (TPSA) is 64.7 Å². The third-order valence-corrected chi connectivity index (χ3v) is 2.32. The van der Waals surface area contributed by atoms with E-state index in [1.165, 1.54) is 0 Å². The minimum atomic E-state index is -0.277. The number of ether oxygens (including phenoxy) is 2. The lowest BCUT2D eigenvalue weighted by molar-refractivity contribution is -0.107. The Hall–Kier alpha value is -0.160. The number of unbranched alkanes of at least 4 members (excludes halogenated alkanes) is 1. The molecule has 0 amide bonds. The second-order valence-corrected chi connectivity index (χ2v) is 3.83. The smallest absolute Gasteiger partial charge is 0.107 e. The van der Waals surface area contributed by atoms with Crippen LogP contribution < -0.4 is 5.73 Å². The fourth-order valence-electron chi connectivity index (χ4n) is 1.18. The van der Waals surface area contributed by atoms with Crippen molar-refractivity contribution in [1.82, 2.24) is 0 Å². The summed E-state index contributed by atoms with van der Waals surface area (Å²) in [7, 11) is 0. The van der Waals surface area contributed by atoms with Crippen LogP contribution in [0.4, 0.5) is 0 Å². The molecule has 0 aliphatic carbocycles. The second kappa shape index (κ2) is 9.09. The van der Waals surface area contributed by atoms with Crippen molar-refractivity contribution in [1.29, 1.82) is 0 Å². The molecule has 0 aromatic heterocycles. The lowest BCUT2D eigenvalue weighted by Gasteiger charge is -2.25. The van der Waals surface area contributed by atoms with Crippen molar-refractivity contribution >= 4 is 0 Å². The van der Waals surface area contributed by atoms with Gasteiger partial charge in [-0.05, 0) is 20.3 Å². The number of rotatable bonds is 9. The highest BCUT2D eigenvalue weighted by Crippen LogP contribution is 2.07. The summed E-state index contributed by atoms with van der Waals surface area (Å²) in [6.07, 6.45) is 1.74. The van der Waals surface area contributed by atoms with Crippen LogP contribution in [0.25, 0.3) is 0 Å². The number of aliphatic hydroxyl groups excluding tert-OH is 1. The van der Waals surface area contributed by atoms with Gasteiger partial charge in [-0.15, -0.1) is 0 Å². The molecular weight excluding hydrogens is 194 g/mol. The van der Waals surface area contributed by atoms with Crippen molar-refractivity contribution in [3.05, 3.63) is 0 Å². The van der Waals surface area contributed by atoms with Crippen LogP contribution in [0.2, 0.25) is 0 Å². The minimum Gasteiger partial charge on any atom is -0.394 e. The first-order chi connectivity index (χ1) is 7.15. The average Bonchev–Trinajstić information content (AvgIpc) is 2.25. The molecule has 4 nitrogen and oxygen atoms in total. The first-order valence-electron chi connectivity index (χ1n) is 5.73. The van der Waals surface area contributed by atoms with Gasteiger partial charge in [0.25, 0.3) is 0 Å². The highest BCUT2D eigenvalue weighted by Gasteiger charge is 2.19. The third-order valence-electron chi connectivity index (χ3n) is 2.32. The molecule has 0 saturated heterocycles. The van der Waals surface area contributed by atoms with Gasteiger partial charge < -0.3 is 20.3 Å². The van der Waals surface area contributed by atoms with E-state index in [1.807, 2.05) is 13.8 Å². The molecule has 92 valence electrons. The Balaban J connectivity index is 3.82. The Kier molecular flexibility index (Phi) is 9.00. The molecule has 0 aromatic rings. The third kappa shape index (κ3) is 6.84. The maximum Gasteiger partial charge on any atom is 0.107 e. The van der Waals surface area contributed by atoms with Crippen molar-refractivity contribution in [2.45, 2.75) is 51.9 Å². The zero-order chi connectivity index (χ0) is 11.7. The molecule has 0 bridgehead atoms. The molecule has 1 unspecified atom stereocenters. The molecule has 0 rings (SSSR count). The summed E-state index contributed by atoms with van der Waals surface area (Å²) >= 11 is 0. The van der Waals surface area contributed by atoms with Gasteiger partial charge in [-0.3, -0.25) is 0 Å². The number of hydrogen-bond donors (Lipinski definition) is 2. The summed E-state index contributed by atoms with van der Waals surface area (Å²) in [5.74, 6) is 0. The summed E-state index contributed by atoms with van der Waals surface area (Å²) < 4.78 is 11.1. The van der Waals surface area contributed by atoms with E-state index in [2.05, 4.69) is 6.92 Å². The van der Waals surface area contributed by atoms with Crippen LogP contribution in [0.15, 0.2) is 0 Å². The zero-order valence-electron chi connectivity index (χ0n) is 10.1. The summed E-state index contributed by atoms with van der Waals surface area (Å²) in [5, 5.41) is 9.15. The van der Waals surface area contributed by atoms with Crippen LogP contribution in [0.5, 0.6) is 0 Å². The van der Waals surface area contributed by atoms with E-state index in [0.717, 1.165) is 12.8 Å². The van der Waals surface area contributed by atoms with Crippen LogP contribution in [0.3, 0.4) is 0 Å². The van der Waals surface area contributed by atoms with Crippen LogP contribution in [0.1, 0.15) is 33.6 Å². The van der Waals surface area contributed by atoms with E-state index >= 15 is 0 Å². The van der Waals surface area contributed by atoms with Crippen LogP contribution in [0, 0.1) is 0 Å². The van der Waals surface area contributed by atoms with Gasteiger partial charge in [-0.25, -0.2) is 0 Å². The lowest BCUT2D eigenvalue weighted by atomic mass is 10.2. The molecule has 0 aromatic carbocycles. The number of hydrogen-bond acceptors (Lipinski definition) is 4. The minimum absolute atomic E-state index is 0.0301. The molecule has 0 spiro atoms. The first-order valence-corrected chi connectivity index (χ1v) is 5.73. The van der Waals surface area contributed by atoms with Gasteiger partial charge in [0.05, 0.1) is 18.8 Å². The monoisotopic (exact) mass is 219 g/mol. The molecule has 15 heavy (non-hydrogen) atoms. The Labute approximate surface area is 92.7 Å². The normalized spacial score (nSPS) is 17.4. The molecule has 0 heterocycles. The number of nitrogens with two attached hydrogens (primary N) is 1. The largest absolute Gasteiger partial charge is 0.394 e. The second-order valence-electron chi connectivity index (χ2n) is 3.83.